The van der Waals surface area contributed by atoms with Crippen molar-refractivity contribution in [3.05, 3.63) is 126 Å². The molecule has 11 heteroatoms. The SMILES string of the molecule is CC(Nc1ncnc2[nH]ccc(=O)c12)c1c(Cl)c2cccc(C(=O)NCc3cccs3)c2c(=O)n1-c1ccccc1. The van der Waals surface area contributed by atoms with Crippen molar-refractivity contribution >= 4 is 56.5 Å². The molecule has 204 valence electrons. The van der Waals surface area contributed by atoms with Crippen LogP contribution in [0.5, 0.6) is 0 Å². The summed E-state index contributed by atoms with van der Waals surface area (Å²) in [5.41, 5.74) is 0.986. The number of aromatic nitrogens is 4. The van der Waals surface area contributed by atoms with Crippen molar-refractivity contribution in [1.82, 2.24) is 24.8 Å². The van der Waals surface area contributed by atoms with Crippen molar-refractivity contribution in [2.45, 2.75) is 19.5 Å². The van der Waals surface area contributed by atoms with Gasteiger partial charge in [0.2, 0.25) is 0 Å². The van der Waals surface area contributed by atoms with Gasteiger partial charge in [0.05, 0.1) is 34.3 Å². The van der Waals surface area contributed by atoms with E-state index >= 15 is 0 Å². The van der Waals surface area contributed by atoms with Crippen LogP contribution < -0.4 is 21.6 Å². The number of pyridine rings is 2. The van der Waals surface area contributed by atoms with Gasteiger partial charge in [0.15, 0.2) is 5.43 Å². The first-order valence-corrected chi connectivity index (χ1v) is 14.0. The minimum absolute atomic E-state index is 0.213. The van der Waals surface area contributed by atoms with Gasteiger partial charge in [-0.15, -0.1) is 11.3 Å². The van der Waals surface area contributed by atoms with Crippen molar-refractivity contribution in [3.63, 3.8) is 0 Å². The number of anilines is 1. The van der Waals surface area contributed by atoms with E-state index in [-0.39, 0.29) is 27.7 Å². The number of thiophene rings is 1. The largest absolute Gasteiger partial charge is 0.361 e. The van der Waals surface area contributed by atoms with Gasteiger partial charge in [0.25, 0.3) is 11.5 Å². The lowest BCUT2D eigenvalue weighted by Gasteiger charge is -2.24. The number of nitrogens with zero attached hydrogens (tertiary/aromatic N) is 3. The van der Waals surface area contributed by atoms with E-state index in [1.165, 1.54) is 34.5 Å². The maximum Gasteiger partial charge on any atom is 0.264 e. The Bertz CT molecular complexity index is 2020. The predicted octanol–water partition coefficient (Wildman–Crippen LogP) is 5.44. The molecule has 6 aromatic rings. The highest BCUT2D eigenvalue weighted by Gasteiger charge is 2.25. The zero-order valence-electron chi connectivity index (χ0n) is 21.7. The topological polar surface area (TPSA) is 122 Å². The fraction of sp³-hybridized carbons (Fsp3) is 0.100. The monoisotopic (exact) mass is 582 g/mol. The maximum absolute atomic E-state index is 14.3. The summed E-state index contributed by atoms with van der Waals surface area (Å²) in [6, 6.07) is 18.8. The van der Waals surface area contributed by atoms with E-state index in [0.717, 1.165) is 4.88 Å². The standard InChI is InChI=1S/C30H23ClN6O3S/c1-17(36-28-24-22(38)12-13-32-27(24)34-16-35-28)26-25(31)20-10-5-11-21(29(39)33-15-19-9-6-14-41-19)23(20)30(40)37(26)18-7-3-2-4-8-18/h2-14,16-17H,15H2,1H3,(H,33,39)(H2,32,34,35,36,38). The molecule has 0 saturated heterocycles. The molecule has 4 heterocycles. The molecule has 9 nitrogen and oxygen atoms in total. The molecule has 1 unspecified atom stereocenters. The summed E-state index contributed by atoms with van der Waals surface area (Å²) in [6.45, 7) is 2.17. The van der Waals surface area contributed by atoms with Crippen LogP contribution in [0, 0.1) is 0 Å². The highest BCUT2D eigenvalue weighted by Crippen LogP contribution is 2.34. The van der Waals surface area contributed by atoms with Gasteiger partial charge in [-0.1, -0.05) is 48.0 Å². The second kappa shape index (κ2) is 11.0. The van der Waals surface area contributed by atoms with E-state index in [9.17, 15) is 14.4 Å². The average Bonchev–Trinajstić information content (AvgIpc) is 3.51. The van der Waals surface area contributed by atoms with Crippen molar-refractivity contribution < 1.29 is 4.79 Å². The van der Waals surface area contributed by atoms with Crippen LogP contribution in [0.25, 0.3) is 27.5 Å². The number of hydrogen-bond acceptors (Lipinski definition) is 7. The smallest absolute Gasteiger partial charge is 0.264 e. The number of benzene rings is 2. The van der Waals surface area contributed by atoms with Crippen LogP contribution in [0.1, 0.15) is 33.9 Å². The van der Waals surface area contributed by atoms with E-state index in [1.54, 1.807) is 30.3 Å². The molecule has 0 saturated carbocycles. The first-order valence-electron chi connectivity index (χ1n) is 12.8. The first-order chi connectivity index (χ1) is 19.9. The fourth-order valence-corrected chi connectivity index (χ4v) is 5.95. The van der Waals surface area contributed by atoms with Crippen molar-refractivity contribution in [1.29, 1.82) is 0 Å². The van der Waals surface area contributed by atoms with Gasteiger partial charge in [0, 0.05) is 28.2 Å². The van der Waals surface area contributed by atoms with Crippen LogP contribution >= 0.6 is 22.9 Å². The Labute approximate surface area is 242 Å². The Balaban J connectivity index is 1.52. The Kier molecular flexibility index (Phi) is 7.08. The zero-order chi connectivity index (χ0) is 28.5. The number of amides is 1. The number of aromatic amines is 1. The molecule has 1 atom stereocenters. The second-order valence-electron chi connectivity index (χ2n) is 9.32. The van der Waals surface area contributed by atoms with Gasteiger partial charge in [0.1, 0.15) is 23.2 Å². The number of para-hydroxylation sites is 1. The van der Waals surface area contributed by atoms with E-state index in [2.05, 4.69) is 25.6 Å². The van der Waals surface area contributed by atoms with E-state index in [4.69, 9.17) is 11.6 Å². The molecule has 6 rings (SSSR count). The third-order valence-corrected chi connectivity index (χ3v) is 8.03. The molecule has 0 bridgehead atoms. The van der Waals surface area contributed by atoms with E-state index < -0.39 is 11.6 Å². The van der Waals surface area contributed by atoms with Crippen LogP contribution in [0.15, 0.2) is 94.2 Å². The molecule has 0 spiro atoms. The van der Waals surface area contributed by atoms with Crippen LogP contribution in [0.4, 0.5) is 5.82 Å². The number of H-pyrrole nitrogens is 1. The Morgan fingerprint density at radius 1 is 1.02 bits per heavy atom. The molecule has 41 heavy (non-hydrogen) atoms. The minimum atomic E-state index is -0.589. The summed E-state index contributed by atoms with van der Waals surface area (Å²) < 4.78 is 1.51. The normalized spacial score (nSPS) is 12.0. The number of carbonyl (C=O) groups excluding carboxylic acids is 1. The highest BCUT2D eigenvalue weighted by molar-refractivity contribution is 7.09. The maximum atomic E-state index is 14.3. The van der Waals surface area contributed by atoms with Gasteiger partial charge in [-0.3, -0.25) is 19.0 Å². The third-order valence-electron chi connectivity index (χ3n) is 6.76. The van der Waals surface area contributed by atoms with Crippen LogP contribution in [-0.2, 0) is 6.54 Å². The summed E-state index contributed by atoms with van der Waals surface area (Å²) in [5.74, 6) is -0.0725. The quantitative estimate of drug-likeness (QED) is 0.230. The Morgan fingerprint density at radius 3 is 2.63 bits per heavy atom. The van der Waals surface area contributed by atoms with Crippen molar-refractivity contribution in [2.75, 3.05) is 5.32 Å². The van der Waals surface area contributed by atoms with Crippen molar-refractivity contribution in [2.24, 2.45) is 0 Å². The lowest BCUT2D eigenvalue weighted by Crippen LogP contribution is -2.29. The van der Waals surface area contributed by atoms with Crippen LogP contribution in [0.3, 0.4) is 0 Å². The molecule has 0 aliphatic heterocycles. The molecular formula is C30H23ClN6O3S. The second-order valence-corrected chi connectivity index (χ2v) is 10.7. The summed E-state index contributed by atoms with van der Waals surface area (Å²) in [6.07, 6.45) is 2.87. The van der Waals surface area contributed by atoms with Gasteiger partial charge in [-0.2, -0.15) is 0 Å². The molecule has 0 radical (unpaired) electrons. The molecule has 3 N–H and O–H groups in total. The zero-order valence-corrected chi connectivity index (χ0v) is 23.3. The highest BCUT2D eigenvalue weighted by atomic mass is 35.5. The minimum Gasteiger partial charge on any atom is -0.361 e. The Morgan fingerprint density at radius 2 is 1.85 bits per heavy atom. The predicted molar refractivity (Wildman–Crippen MR) is 162 cm³/mol. The lowest BCUT2D eigenvalue weighted by molar-refractivity contribution is 0.0953. The number of fused-ring (bicyclic) bond motifs is 2. The van der Waals surface area contributed by atoms with Gasteiger partial charge >= 0.3 is 0 Å². The van der Waals surface area contributed by atoms with Crippen molar-refractivity contribution in [3.8, 4) is 5.69 Å². The molecular weight excluding hydrogens is 560 g/mol. The summed E-state index contributed by atoms with van der Waals surface area (Å²) in [7, 11) is 0. The van der Waals surface area contributed by atoms with Crippen LogP contribution in [0.2, 0.25) is 5.02 Å². The molecule has 0 fully saturated rings. The average molecular weight is 583 g/mol. The van der Waals surface area contributed by atoms with Crippen LogP contribution in [-0.4, -0.2) is 25.4 Å². The summed E-state index contributed by atoms with van der Waals surface area (Å²) in [5, 5.41) is 9.36. The fourth-order valence-electron chi connectivity index (χ4n) is 4.90. The molecule has 1 amide bonds. The summed E-state index contributed by atoms with van der Waals surface area (Å²) in [4.78, 5) is 52.7. The van der Waals surface area contributed by atoms with Gasteiger partial charge in [-0.05, 0) is 36.6 Å². The molecule has 0 aliphatic carbocycles. The van der Waals surface area contributed by atoms with E-state index in [0.29, 0.717) is 39.8 Å². The van der Waals surface area contributed by atoms with E-state index in [1.807, 2.05) is 42.6 Å². The molecule has 0 aliphatic rings. The van der Waals surface area contributed by atoms with Gasteiger partial charge in [-0.25, -0.2) is 9.97 Å². The summed E-state index contributed by atoms with van der Waals surface area (Å²) >= 11 is 8.62. The number of rotatable bonds is 7. The number of halogens is 1. The Hall–Kier alpha value is -4.80. The number of nitrogens with one attached hydrogen (secondary N) is 3. The first kappa shape index (κ1) is 26.4. The number of carbonyl (C=O) groups is 1. The third kappa shape index (κ3) is 4.88. The molecule has 2 aromatic carbocycles. The number of hydrogen-bond donors (Lipinski definition) is 3. The lowest BCUT2D eigenvalue weighted by atomic mass is 10.0. The molecule has 4 aromatic heterocycles. The van der Waals surface area contributed by atoms with Gasteiger partial charge < -0.3 is 15.6 Å².